The molecule has 0 bridgehead atoms. The fourth-order valence-corrected chi connectivity index (χ4v) is 2.88. The Labute approximate surface area is 136 Å². The van der Waals surface area contributed by atoms with Crippen molar-refractivity contribution < 1.29 is 4.79 Å². The van der Waals surface area contributed by atoms with Gasteiger partial charge in [-0.05, 0) is 42.2 Å². The Kier molecular flexibility index (Phi) is 5.52. The summed E-state index contributed by atoms with van der Waals surface area (Å²) in [5.74, 6) is 0.0879. The van der Waals surface area contributed by atoms with E-state index in [4.69, 9.17) is 5.73 Å². The number of hydrogen-bond donors (Lipinski definition) is 1. The maximum atomic E-state index is 12.7. The van der Waals surface area contributed by atoms with Crippen LogP contribution in [0.15, 0.2) is 48.8 Å². The number of likely N-dealkylation sites (tertiary alicyclic amines) is 1. The van der Waals surface area contributed by atoms with Crippen molar-refractivity contribution in [3.05, 3.63) is 65.5 Å². The molecule has 0 aliphatic carbocycles. The molecule has 1 aliphatic rings. The molecule has 2 aromatic rings. The van der Waals surface area contributed by atoms with Gasteiger partial charge in [-0.3, -0.25) is 9.78 Å². The van der Waals surface area contributed by atoms with E-state index in [-0.39, 0.29) is 24.4 Å². The molecule has 1 aliphatic heterocycles. The van der Waals surface area contributed by atoms with Crippen molar-refractivity contribution >= 4 is 18.3 Å². The second-order valence-corrected chi connectivity index (χ2v) is 5.34. The highest BCUT2D eigenvalue weighted by Crippen LogP contribution is 2.32. The van der Waals surface area contributed by atoms with Gasteiger partial charge in [0.2, 0.25) is 0 Å². The van der Waals surface area contributed by atoms with Gasteiger partial charge in [-0.2, -0.15) is 0 Å². The Balaban J connectivity index is 0.00000176. The van der Waals surface area contributed by atoms with Crippen molar-refractivity contribution in [1.29, 1.82) is 0 Å². The number of amides is 1. The van der Waals surface area contributed by atoms with Crippen LogP contribution in [0.3, 0.4) is 0 Å². The van der Waals surface area contributed by atoms with Crippen molar-refractivity contribution in [2.75, 3.05) is 6.54 Å². The minimum absolute atomic E-state index is 0. The Morgan fingerprint density at radius 2 is 2.05 bits per heavy atom. The van der Waals surface area contributed by atoms with Gasteiger partial charge in [-0.15, -0.1) is 12.4 Å². The Bertz CT molecular complexity index is 616. The molecule has 1 atom stereocenters. The molecule has 0 radical (unpaired) electrons. The first kappa shape index (κ1) is 16.5. The highest BCUT2D eigenvalue weighted by Gasteiger charge is 2.30. The number of rotatable bonds is 3. The van der Waals surface area contributed by atoms with Gasteiger partial charge in [0, 0.05) is 31.0 Å². The molecule has 0 spiro atoms. The summed E-state index contributed by atoms with van der Waals surface area (Å²) in [6.07, 6.45) is 5.65. The standard InChI is InChI=1S/C17H19N3O.ClH/c18-11-13-5-7-14(8-6-13)17(21)20-10-2-4-16(20)15-3-1-9-19-12-15;/h1,3,5-9,12,16H,2,4,10-11,18H2;1H. The smallest absolute Gasteiger partial charge is 0.254 e. The number of hydrogen-bond acceptors (Lipinski definition) is 3. The first-order chi connectivity index (χ1) is 10.3. The van der Waals surface area contributed by atoms with Crippen molar-refractivity contribution in [2.24, 2.45) is 5.73 Å². The average Bonchev–Trinajstić information content (AvgIpc) is 3.04. The number of aromatic nitrogens is 1. The third kappa shape index (κ3) is 3.29. The van der Waals surface area contributed by atoms with E-state index >= 15 is 0 Å². The number of carbonyl (C=O) groups is 1. The highest BCUT2D eigenvalue weighted by molar-refractivity contribution is 5.94. The van der Waals surface area contributed by atoms with E-state index in [0.717, 1.165) is 36.1 Å². The molecule has 1 aromatic heterocycles. The van der Waals surface area contributed by atoms with Crippen LogP contribution in [-0.2, 0) is 6.54 Å². The molecule has 1 fully saturated rings. The summed E-state index contributed by atoms with van der Waals surface area (Å²) in [5, 5.41) is 0. The van der Waals surface area contributed by atoms with E-state index in [0.29, 0.717) is 6.54 Å². The number of halogens is 1. The number of benzene rings is 1. The van der Waals surface area contributed by atoms with Crippen LogP contribution in [0.25, 0.3) is 0 Å². The maximum Gasteiger partial charge on any atom is 0.254 e. The van der Waals surface area contributed by atoms with Crippen LogP contribution in [0.5, 0.6) is 0 Å². The van der Waals surface area contributed by atoms with E-state index in [2.05, 4.69) is 4.98 Å². The Morgan fingerprint density at radius 3 is 2.68 bits per heavy atom. The van der Waals surface area contributed by atoms with Crippen molar-refractivity contribution in [3.63, 3.8) is 0 Å². The molecular formula is C17H20ClN3O. The largest absolute Gasteiger partial charge is 0.332 e. The molecule has 22 heavy (non-hydrogen) atoms. The first-order valence-corrected chi connectivity index (χ1v) is 7.29. The van der Waals surface area contributed by atoms with Crippen LogP contribution in [0.1, 0.15) is 40.4 Å². The van der Waals surface area contributed by atoms with Gasteiger partial charge in [0.25, 0.3) is 5.91 Å². The molecule has 1 saturated heterocycles. The van der Waals surface area contributed by atoms with Crippen LogP contribution in [0.2, 0.25) is 0 Å². The van der Waals surface area contributed by atoms with E-state index in [1.54, 1.807) is 6.20 Å². The fourth-order valence-electron chi connectivity index (χ4n) is 2.88. The zero-order chi connectivity index (χ0) is 14.7. The lowest BCUT2D eigenvalue weighted by molar-refractivity contribution is 0.0735. The second-order valence-electron chi connectivity index (χ2n) is 5.34. The summed E-state index contributed by atoms with van der Waals surface area (Å²) in [6, 6.07) is 11.7. The van der Waals surface area contributed by atoms with Crippen LogP contribution in [0.4, 0.5) is 0 Å². The van der Waals surface area contributed by atoms with Crippen LogP contribution >= 0.6 is 12.4 Å². The van der Waals surface area contributed by atoms with Gasteiger partial charge in [-0.25, -0.2) is 0 Å². The van der Waals surface area contributed by atoms with Crippen molar-refractivity contribution in [1.82, 2.24) is 9.88 Å². The van der Waals surface area contributed by atoms with E-state index < -0.39 is 0 Å². The molecule has 3 rings (SSSR count). The van der Waals surface area contributed by atoms with Crippen LogP contribution < -0.4 is 5.73 Å². The summed E-state index contributed by atoms with van der Waals surface area (Å²) in [5.41, 5.74) is 8.47. The van der Waals surface area contributed by atoms with Gasteiger partial charge < -0.3 is 10.6 Å². The zero-order valence-electron chi connectivity index (χ0n) is 12.3. The quantitative estimate of drug-likeness (QED) is 0.947. The SMILES string of the molecule is Cl.NCc1ccc(C(=O)N2CCCC2c2cccnc2)cc1. The average molecular weight is 318 g/mol. The third-order valence-corrected chi connectivity index (χ3v) is 4.02. The Morgan fingerprint density at radius 1 is 1.27 bits per heavy atom. The third-order valence-electron chi connectivity index (χ3n) is 4.02. The molecule has 2 N–H and O–H groups in total. The molecule has 1 unspecified atom stereocenters. The molecule has 1 amide bonds. The number of nitrogens with zero attached hydrogens (tertiary/aromatic N) is 2. The van der Waals surface area contributed by atoms with E-state index in [1.165, 1.54) is 0 Å². The first-order valence-electron chi connectivity index (χ1n) is 7.29. The predicted octanol–water partition coefficient (Wildman–Crippen LogP) is 2.94. The molecular weight excluding hydrogens is 298 g/mol. The minimum Gasteiger partial charge on any atom is -0.332 e. The molecule has 5 heteroatoms. The summed E-state index contributed by atoms with van der Waals surface area (Å²) in [4.78, 5) is 18.8. The molecule has 1 aromatic carbocycles. The highest BCUT2D eigenvalue weighted by atomic mass is 35.5. The summed E-state index contributed by atoms with van der Waals surface area (Å²) in [6.45, 7) is 1.30. The monoisotopic (exact) mass is 317 g/mol. The number of carbonyl (C=O) groups excluding carboxylic acids is 1. The van der Waals surface area contributed by atoms with E-state index in [9.17, 15) is 4.79 Å². The zero-order valence-corrected chi connectivity index (χ0v) is 13.1. The minimum atomic E-state index is 0. The van der Waals surface area contributed by atoms with Gasteiger partial charge in [0.15, 0.2) is 0 Å². The Hall–Kier alpha value is -1.91. The van der Waals surface area contributed by atoms with Crippen LogP contribution in [0, 0.1) is 0 Å². The number of pyridine rings is 1. The molecule has 2 heterocycles. The number of nitrogens with two attached hydrogens (primary N) is 1. The summed E-state index contributed by atoms with van der Waals surface area (Å²) >= 11 is 0. The normalized spacial score (nSPS) is 17.1. The van der Waals surface area contributed by atoms with Crippen molar-refractivity contribution in [3.8, 4) is 0 Å². The maximum absolute atomic E-state index is 12.7. The summed E-state index contributed by atoms with van der Waals surface area (Å²) < 4.78 is 0. The second kappa shape index (κ2) is 7.38. The fraction of sp³-hybridized carbons (Fsp3) is 0.294. The molecule has 116 valence electrons. The lowest BCUT2D eigenvalue weighted by atomic mass is 10.1. The summed E-state index contributed by atoms with van der Waals surface area (Å²) in [7, 11) is 0. The van der Waals surface area contributed by atoms with E-state index in [1.807, 2.05) is 47.5 Å². The van der Waals surface area contributed by atoms with Crippen molar-refractivity contribution in [2.45, 2.75) is 25.4 Å². The lowest BCUT2D eigenvalue weighted by Gasteiger charge is -2.25. The van der Waals surface area contributed by atoms with Gasteiger partial charge in [0.1, 0.15) is 0 Å². The topological polar surface area (TPSA) is 59.2 Å². The lowest BCUT2D eigenvalue weighted by Crippen LogP contribution is -2.30. The molecule has 0 saturated carbocycles. The van der Waals surface area contributed by atoms with Crippen LogP contribution in [-0.4, -0.2) is 22.3 Å². The van der Waals surface area contributed by atoms with Gasteiger partial charge in [-0.1, -0.05) is 18.2 Å². The van der Waals surface area contributed by atoms with Gasteiger partial charge >= 0.3 is 0 Å². The predicted molar refractivity (Wildman–Crippen MR) is 88.8 cm³/mol. The van der Waals surface area contributed by atoms with Gasteiger partial charge in [0.05, 0.1) is 6.04 Å². The molecule has 4 nitrogen and oxygen atoms in total.